The third kappa shape index (κ3) is 1.44. The number of H-pyrrole nitrogens is 1. The summed E-state index contributed by atoms with van der Waals surface area (Å²) in [6.45, 7) is 1.99. The van der Waals surface area contributed by atoms with E-state index >= 15 is 0 Å². The summed E-state index contributed by atoms with van der Waals surface area (Å²) in [6.07, 6.45) is 0. The molecule has 0 fully saturated rings. The molecule has 16 heavy (non-hydrogen) atoms. The van der Waals surface area contributed by atoms with Crippen LogP contribution in [0, 0.1) is 11.7 Å². The molecule has 3 rings (SSSR count). The number of benzene rings is 1. The standard InChI is InChI=1S/C9H7N5S2/c1-5-10-7-3-2-6(4-8(7)16-5)14-9(15)11-12-13-14/h2-4H,1H3,(H,11,13,15). The predicted octanol–water partition coefficient (Wildman–Crippen LogP) is 2.24. The predicted molar refractivity (Wildman–Crippen MR) is 64.5 cm³/mol. The van der Waals surface area contributed by atoms with Gasteiger partial charge in [-0.15, -0.1) is 11.3 Å². The molecule has 80 valence electrons. The lowest BCUT2D eigenvalue weighted by atomic mass is 10.3. The summed E-state index contributed by atoms with van der Waals surface area (Å²) in [5.41, 5.74) is 1.93. The van der Waals surface area contributed by atoms with Crippen LogP contribution < -0.4 is 0 Å². The van der Waals surface area contributed by atoms with E-state index in [9.17, 15) is 0 Å². The molecule has 0 radical (unpaired) electrons. The summed E-state index contributed by atoms with van der Waals surface area (Å²) < 4.78 is 3.20. The van der Waals surface area contributed by atoms with E-state index in [1.807, 2.05) is 25.1 Å². The second kappa shape index (κ2) is 3.46. The van der Waals surface area contributed by atoms with E-state index < -0.39 is 0 Å². The van der Waals surface area contributed by atoms with Crippen molar-refractivity contribution in [2.24, 2.45) is 0 Å². The van der Waals surface area contributed by atoms with Crippen molar-refractivity contribution in [3.05, 3.63) is 28.0 Å². The van der Waals surface area contributed by atoms with Gasteiger partial charge < -0.3 is 0 Å². The first-order valence-corrected chi connectivity index (χ1v) is 5.84. The number of tetrazole rings is 1. The molecule has 1 N–H and O–H groups in total. The van der Waals surface area contributed by atoms with Crippen LogP contribution in [0.4, 0.5) is 0 Å². The van der Waals surface area contributed by atoms with Crippen LogP contribution in [0.15, 0.2) is 18.2 Å². The molecular formula is C9H7N5S2. The van der Waals surface area contributed by atoms with Gasteiger partial charge in [0.2, 0.25) is 4.77 Å². The van der Waals surface area contributed by atoms with Gasteiger partial charge in [-0.1, -0.05) is 10.3 Å². The zero-order valence-corrected chi connectivity index (χ0v) is 9.97. The van der Waals surface area contributed by atoms with Crippen molar-refractivity contribution in [2.45, 2.75) is 6.92 Å². The summed E-state index contributed by atoms with van der Waals surface area (Å²) in [5.74, 6) is 0. The van der Waals surface area contributed by atoms with Crippen LogP contribution in [-0.2, 0) is 0 Å². The van der Waals surface area contributed by atoms with Crippen molar-refractivity contribution < 1.29 is 0 Å². The second-order valence-electron chi connectivity index (χ2n) is 3.30. The number of hydrogen-bond acceptors (Lipinski definition) is 5. The summed E-state index contributed by atoms with van der Waals surface area (Å²) in [6, 6.07) is 5.93. The molecule has 0 aliphatic heterocycles. The van der Waals surface area contributed by atoms with E-state index in [2.05, 4.69) is 20.5 Å². The average molecular weight is 249 g/mol. The molecule has 2 aromatic heterocycles. The third-order valence-corrected chi connectivity index (χ3v) is 3.41. The van der Waals surface area contributed by atoms with Crippen molar-refractivity contribution in [3.8, 4) is 5.69 Å². The van der Waals surface area contributed by atoms with Crippen LogP contribution in [0.25, 0.3) is 15.9 Å². The maximum atomic E-state index is 5.04. The van der Waals surface area contributed by atoms with E-state index in [0.29, 0.717) is 4.77 Å². The highest BCUT2D eigenvalue weighted by Crippen LogP contribution is 2.23. The van der Waals surface area contributed by atoms with Crippen molar-refractivity contribution in [1.29, 1.82) is 0 Å². The SMILES string of the molecule is Cc1nc2ccc(-n3[nH]nnc3=S)cc2s1. The number of nitrogens with zero attached hydrogens (tertiary/aromatic N) is 4. The Morgan fingerprint density at radius 1 is 1.44 bits per heavy atom. The van der Waals surface area contributed by atoms with Gasteiger partial charge >= 0.3 is 0 Å². The Hall–Kier alpha value is -1.60. The fourth-order valence-electron chi connectivity index (χ4n) is 1.53. The fraction of sp³-hybridized carbons (Fsp3) is 0.111. The zero-order chi connectivity index (χ0) is 11.1. The quantitative estimate of drug-likeness (QED) is 0.672. The normalized spacial score (nSPS) is 11.1. The molecule has 7 heteroatoms. The number of aromatic nitrogens is 5. The minimum absolute atomic E-state index is 0.417. The smallest absolute Gasteiger partial charge is 0.242 e. The van der Waals surface area contributed by atoms with Gasteiger partial charge in [-0.3, -0.25) is 0 Å². The Kier molecular flexibility index (Phi) is 2.08. The number of aromatic amines is 1. The molecule has 0 aliphatic carbocycles. The molecule has 3 aromatic rings. The van der Waals surface area contributed by atoms with Gasteiger partial charge in [-0.2, -0.15) is 5.21 Å². The highest BCUT2D eigenvalue weighted by molar-refractivity contribution is 7.71. The monoisotopic (exact) mass is 249 g/mol. The second-order valence-corrected chi connectivity index (χ2v) is 4.90. The van der Waals surface area contributed by atoms with Gasteiger partial charge in [-0.25, -0.2) is 9.67 Å². The third-order valence-electron chi connectivity index (χ3n) is 2.21. The van der Waals surface area contributed by atoms with E-state index in [1.165, 1.54) is 0 Å². The molecule has 0 spiro atoms. The van der Waals surface area contributed by atoms with Gasteiger partial charge in [-0.05, 0) is 37.3 Å². The lowest BCUT2D eigenvalue weighted by Crippen LogP contribution is -1.95. The number of rotatable bonds is 1. The first-order chi connectivity index (χ1) is 7.74. The zero-order valence-electron chi connectivity index (χ0n) is 8.34. The minimum Gasteiger partial charge on any atom is -0.242 e. The molecule has 1 aromatic carbocycles. The summed E-state index contributed by atoms with van der Waals surface area (Å²) in [4.78, 5) is 4.40. The lowest BCUT2D eigenvalue weighted by Gasteiger charge is -1.99. The average Bonchev–Trinajstić information content (AvgIpc) is 2.81. The molecule has 0 atom stereocenters. The molecule has 0 saturated carbocycles. The molecule has 5 nitrogen and oxygen atoms in total. The highest BCUT2D eigenvalue weighted by Gasteiger charge is 2.04. The number of thiazole rings is 1. The van der Waals surface area contributed by atoms with Crippen LogP contribution in [-0.4, -0.2) is 25.2 Å². The van der Waals surface area contributed by atoms with Crippen molar-refractivity contribution >= 4 is 33.8 Å². The van der Waals surface area contributed by atoms with Gasteiger partial charge in [0.05, 0.1) is 20.9 Å². The van der Waals surface area contributed by atoms with Crippen LogP contribution in [0.2, 0.25) is 0 Å². The number of fused-ring (bicyclic) bond motifs is 1. The first-order valence-electron chi connectivity index (χ1n) is 4.62. The van der Waals surface area contributed by atoms with Crippen LogP contribution in [0.1, 0.15) is 5.01 Å². The fourth-order valence-corrected chi connectivity index (χ4v) is 2.58. The van der Waals surface area contributed by atoms with E-state index in [-0.39, 0.29) is 0 Å². The van der Waals surface area contributed by atoms with E-state index in [1.54, 1.807) is 16.0 Å². The Bertz CT molecular complexity index is 708. The molecule has 0 saturated heterocycles. The summed E-state index contributed by atoms with van der Waals surface area (Å²) in [5, 5.41) is 11.2. The van der Waals surface area contributed by atoms with Crippen LogP contribution in [0.5, 0.6) is 0 Å². The number of nitrogens with one attached hydrogen (secondary N) is 1. The Morgan fingerprint density at radius 3 is 3.06 bits per heavy atom. The Labute approximate surface area is 99.7 Å². The first kappa shape index (κ1) is 9.61. The van der Waals surface area contributed by atoms with Crippen LogP contribution >= 0.6 is 23.6 Å². The van der Waals surface area contributed by atoms with Gasteiger partial charge in [0.15, 0.2) is 0 Å². The maximum absolute atomic E-state index is 5.04. The molecule has 0 unspecified atom stereocenters. The molecule has 2 heterocycles. The number of aryl methyl sites for hydroxylation is 1. The maximum Gasteiger partial charge on any atom is 0.242 e. The largest absolute Gasteiger partial charge is 0.242 e. The van der Waals surface area contributed by atoms with Gasteiger partial charge in [0.25, 0.3) is 0 Å². The topological polar surface area (TPSA) is 59.4 Å². The lowest BCUT2D eigenvalue weighted by molar-refractivity contribution is 0.787. The molecule has 0 aliphatic rings. The molecular weight excluding hydrogens is 242 g/mol. The Balaban J connectivity index is 2.26. The van der Waals surface area contributed by atoms with Gasteiger partial charge in [0, 0.05) is 0 Å². The van der Waals surface area contributed by atoms with Crippen molar-refractivity contribution in [2.75, 3.05) is 0 Å². The minimum atomic E-state index is 0.417. The Morgan fingerprint density at radius 2 is 2.31 bits per heavy atom. The van der Waals surface area contributed by atoms with Crippen molar-refractivity contribution in [1.82, 2.24) is 25.2 Å². The molecule has 0 amide bonds. The van der Waals surface area contributed by atoms with E-state index in [0.717, 1.165) is 20.9 Å². The summed E-state index contributed by atoms with van der Waals surface area (Å²) >= 11 is 6.70. The molecule has 0 bridgehead atoms. The van der Waals surface area contributed by atoms with Gasteiger partial charge in [0.1, 0.15) is 0 Å². The van der Waals surface area contributed by atoms with Crippen molar-refractivity contribution in [3.63, 3.8) is 0 Å². The van der Waals surface area contributed by atoms with Crippen LogP contribution in [0.3, 0.4) is 0 Å². The number of hydrogen-bond donors (Lipinski definition) is 1. The highest BCUT2D eigenvalue weighted by atomic mass is 32.1. The summed E-state index contributed by atoms with van der Waals surface area (Å²) in [7, 11) is 0. The van der Waals surface area contributed by atoms with E-state index in [4.69, 9.17) is 12.2 Å².